The lowest BCUT2D eigenvalue weighted by Gasteiger charge is -2.07. The van der Waals surface area contributed by atoms with Crippen molar-refractivity contribution in [1.82, 2.24) is 0 Å². The molecule has 0 spiro atoms. The van der Waals surface area contributed by atoms with Gasteiger partial charge in [-0.1, -0.05) is 15.9 Å². The molecule has 0 saturated carbocycles. The van der Waals surface area contributed by atoms with Gasteiger partial charge in [0.25, 0.3) is 0 Å². The summed E-state index contributed by atoms with van der Waals surface area (Å²) in [5.74, 6) is 0.496. The minimum atomic E-state index is -0.0683. The van der Waals surface area contributed by atoms with E-state index in [2.05, 4.69) is 15.9 Å². The lowest BCUT2D eigenvalue weighted by Crippen LogP contribution is -2.10. The van der Waals surface area contributed by atoms with Gasteiger partial charge in [-0.25, -0.2) is 0 Å². The van der Waals surface area contributed by atoms with Crippen molar-refractivity contribution in [2.75, 3.05) is 20.3 Å². The van der Waals surface area contributed by atoms with E-state index in [0.29, 0.717) is 17.9 Å². The summed E-state index contributed by atoms with van der Waals surface area (Å²) >= 11 is 3.32. The largest absolute Gasteiger partial charge is 0.496 e. The van der Waals surface area contributed by atoms with Crippen molar-refractivity contribution in [1.29, 1.82) is 0 Å². The first-order chi connectivity index (χ1) is 7.19. The van der Waals surface area contributed by atoms with Crippen LogP contribution in [0.4, 0.5) is 0 Å². The molecule has 1 aromatic carbocycles. The third-order valence-corrected chi connectivity index (χ3v) is 2.39. The lowest BCUT2D eigenvalue weighted by molar-refractivity contribution is 0.0780. The van der Waals surface area contributed by atoms with E-state index in [9.17, 15) is 4.79 Å². The van der Waals surface area contributed by atoms with Gasteiger partial charge in [-0.2, -0.15) is 0 Å². The number of Topliss-reactive ketones (excluding diaryl/α,β-unsaturated/α-hetero) is 1. The van der Waals surface area contributed by atoms with E-state index < -0.39 is 0 Å². The smallest absolute Gasteiger partial charge is 0.192 e. The summed E-state index contributed by atoms with van der Waals surface area (Å²) in [6, 6.07) is 5.30. The summed E-state index contributed by atoms with van der Waals surface area (Å²) in [7, 11) is 1.54. The minimum absolute atomic E-state index is 0.0683. The van der Waals surface area contributed by atoms with Crippen LogP contribution in [0, 0.1) is 0 Å². The Morgan fingerprint density at radius 2 is 2.20 bits per heavy atom. The van der Waals surface area contributed by atoms with Gasteiger partial charge in [0.15, 0.2) is 5.78 Å². The van der Waals surface area contributed by atoms with E-state index in [1.807, 2.05) is 13.0 Å². The number of hydrogen-bond donors (Lipinski definition) is 0. The summed E-state index contributed by atoms with van der Waals surface area (Å²) in [4.78, 5) is 11.7. The highest BCUT2D eigenvalue weighted by Gasteiger charge is 2.12. The van der Waals surface area contributed by atoms with Gasteiger partial charge in [0.1, 0.15) is 12.4 Å². The summed E-state index contributed by atoms with van der Waals surface area (Å²) in [5, 5.41) is 0. The maximum Gasteiger partial charge on any atom is 0.192 e. The number of carbonyl (C=O) groups is 1. The van der Waals surface area contributed by atoms with Crippen LogP contribution in [-0.2, 0) is 4.74 Å². The Kier molecular flexibility index (Phi) is 4.78. The Bertz CT molecular complexity index is 350. The van der Waals surface area contributed by atoms with Crippen LogP contribution in [0.15, 0.2) is 22.7 Å². The molecule has 0 unspecified atom stereocenters. The van der Waals surface area contributed by atoms with Crippen molar-refractivity contribution in [3.05, 3.63) is 28.2 Å². The molecule has 4 heteroatoms. The van der Waals surface area contributed by atoms with Crippen LogP contribution in [0.5, 0.6) is 5.75 Å². The zero-order chi connectivity index (χ0) is 11.3. The number of methoxy groups -OCH3 is 1. The first-order valence-corrected chi connectivity index (χ1v) is 5.42. The number of carbonyl (C=O) groups excluding carboxylic acids is 1. The SMILES string of the molecule is CCOCC(=O)c1ccc(Br)cc1OC. The third kappa shape index (κ3) is 3.32. The average Bonchev–Trinajstić information content (AvgIpc) is 2.25. The van der Waals surface area contributed by atoms with Gasteiger partial charge in [0, 0.05) is 11.1 Å². The van der Waals surface area contributed by atoms with Crippen molar-refractivity contribution < 1.29 is 14.3 Å². The standard InChI is InChI=1S/C11H13BrO3/c1-3-15-7-10(13)9-5-4-8(12)6-11(9)14-2/h4-6H,3,7H2,1-2H3. The normalized spacial score (nSPS) is 10.1. The summed E-state index contributed by atoms with van der Waals surface area (Å²) in [5.41, 5.74) is 0.550. The summed E-state index contributed by atoms with van der Waals surface area (Å²) < 4.78 is 11.1. The Morgan fingerprint density at radius 3 is 2.80 bits per heavy atom. The molecule has 0 aliphatic rings. The molecule has 0 amide bonds. The molecule has 82 valence electrons. The average molecular weight is 273 g/mol. The maximum atomic E-state index is 11.7. The van der Waals surface area contributed by atoms with Crippen molar-refractivity contribution in [2.45, 2.75) is 6.92 Å². The van der Waals surface area contributed by atoms with Crippen LogP contribution >= 0.6 is 15.9 Å². The predicted octanol–water partition coefficient (Wildman–Crippen LogP) is 2.68. The molecule has 0 heterocycles. The van der Waals surface area contributed by atoms with Crippen molar-refractivity contribution in [3.8, 4) is 5.75 Å². The molecule has 0 aromatic heterocycles. The molecule has 3 nitrogen and oxygen atoms in total. The molecule has 1 aromatic rings. The zero-order valence-corrected chi connectivity index (χ0v) is 10.3. The van der Waals surface area contributed by atoms with Crippen molar-refractivity contribution in [3.63, 3.8) is 0 Å². The van der Waals surface area contributed by atoms with Crippen molar-refractivity contribution >= 4 is 21.7 Å². The second kappa shape index (κ2) is 5.88. The number of hydrogen-bond acceptors (Lipinski definition) is 3. The molecule has 0 aliphatic heterocycles. The van der Waals surface area contributed by atoms with Crippen LogP contribution in [0.25, 0.3) is 0 Å². The van der Waals surface area contributed by atoms with E-state index in [1.165, 1.54) is 0 Å². The van der Waals surface area contributed by atoms with Gasteiger partial charge >= 0.3 is 0 Å². The van der Waals surface area contributed by atoms with Crippen LogP contribution < -0.4 is 4.74 Å². The van der Waals surface area contributed by atoms with Crippen LogP contribution in [0.1, 0.15) is 17.3 Å². The first-order valence-electron chi connectivity index (χ1n) is 4.63. The van der Waals surface area contributed by atoms with E-state index in [-0.39, 0.29) is 12.4 Å². The monoisotopic (exact) mass is 272 g/mol. The summed E-state index contributed by atoms with van der Waals surface area (Å²) in [6.07, 6.45) is 0. The van der Waals surface area contributed by atoms with Crippen LogP contribution in [-0.4, -0.2) is 26.1 Å². The highest BCUT2D eigenvalue weighted by Crippen LogP contribution is 2.23. The molecule has 0 bridgehead atoms. The fourth-order valence-corrected chi connectivity index (χ4v) is 1.51. The Hall–Kier alpha value is -0.870. The van der Waals surface area contributed by atoms with Gasteiger partial charge in [0.05, 0.1) is 12.7 Å². The third-order valence-electron chi connectivity index (χ3n) is 1.90. The Morgan fingerprint density at radius 1 is 1.47 bits per heavy atom. The van der Waals surface area contributed by atoms with Crippen molar-refractivity contribution in [2.24, 2.45) is 0 Å². The van der Waals surface area contributed by atoms with Crippen LogP contribution in [0.2, 0.25) is 0 Å². The molecule has 0 radical (unpaired) electrons. The molecule has 1 rings (SSSR count). The number of benzene rings is 1. The Labute approximate surface area is 97.5 Å². The molecule has 0 fully saturated rings. The Balaban J connectivity index is 2.87. The number of ketones is 1. The van der Waals surface area contributed by atoms with Crippen LogP contribution in [0.3, 0.4) is 0 Å². The van der Waals surface area contributed by atoms with E-state index in [0.717, 1.165) is 4.47 Å². The molecular weight excluding hydrogens is 260 g/mol. The number of rotatable bonds is 5. The molecule has 0 atom stereocenters. The maximum absolute atomic E-state index is 11.7. The zero-order valence-electron chi connectivity index (χ0n) is 8.75. The quantitative estimate of drug-likeness (QED) is 0.774. The van der Waals surface area contributed by atoms with Gasteiger partial charge in [-0.3, -0.25) is 4.79 Å². The topological polar surface area (TPSA) is 35.5 Å². The number of ether oxygens (including phenoxy) is 2. The molecular formula is C11H13BrO3. The van der Waals surface area contributed by atoms with Gasteiger partial charge in [0.2, 0.25) is 0 Å². The first kappa shape index (κ1) is 12.2. The molecule has 0 saturated heterocycles. The highest BCUT2D eigenvalue weighted by molar-refractivity contribution is 9.10. The lowest BCUT2D eigenvalue weighted by atomic mass is 10.1. The second-order valence-corrected chi connectivity index (χ2v) is 3.82. The van der Waals surface area contributed by atoms with E-state index in [1.54, 1.807) is 19.2 Å². The van der Waals surface area contributed by atoms with E-state index in [4.69, 9.17) is 9.47 Å². The predicted molar refractivity (Wildman–Crippen MR) is 61.5 cm³/mol. The molecule has 15 heavy (non-hydrogen) atoms. The fourth-order valence-electron chi connectivity index (χ4n) is 1.17. The molecule has 0 aliphatic carbocycles. The summed E-state index contributed by atoms with van der Waals surface area (Å²) in [6.45, 7) is 2.48. The highest BCUT2D eigenvalue weighted by atomic mass is 79.9. The number of halogens is 1. The van der Waals surface area contributed by atoms with E-state index >= 15 is 0 Å². The fraction of sp³-hybridized carbons (Fsp3) is 0.364. The van der Waals surface area contributed by atoms with Gasteiger partial charge in [-0.15, -0.1) is 0 Å². The van der Waals surface area contributed by atoms with Gasteiger partial charge < -0.3 is 9.47 Å². The minimum Gasteiger partial charge on any atom is -0.496 e. The van der Waals surface area contributed by atoms with Gasteiger partial charge in [-0.05, 0) is 25.1 Å². The second-order valence-electron chi connectivity index (χ2n) is 2.90. The molecule has 0 N–H and O–H groups in total.